The summed E-state index contributed by atoms with van der Waals surface area (Å²) >= 11 is 0. The second-order valence-electron chi connectivity index (χ2n) is 13.5. The number of ether oxygens (including phenoxy) is 3. The Morgan fingerprint density at radius 2 is 0.778 bits per heavy atom. The molecule has 0 N–H and O–H groups in total. The number of rotatable bonds is 34. The Balaban J connectivity index is 4.28. The highest BCUT2D eigenvalue weighted by molar-refractivity contribution is 5.71. The first-order valence-electron chi connectivity index (χ1n) is 19.4. The van der Waals surface area contributed by atoms with Crippen LogP contribution in [0.3, 0.4) is 0 Å². The van der Waals surface area contributed by atoms with Gasteiger partial charge in [-0.25, -0.2) is 0 Å². The molecule has 0 aromatic carbocycles. The van der Waals surface area contributed by atoms with Crippen molar-refractivity contribution in [2.45, 2.75) is 214 Å². The zero-order chi connectivity index (χ0) is 33.2. The zero-order valence-electron chi connectivity index (χ0n) is 30.3. The lowest BCUT2D eigenvalue weighted by Gasteiger charge is -2.18. The molecular weight excluding hydrogens is 564 g/mol. The van der Waals surface area contributed by atoms with Gasteiger partial charge in [-0.05, 0) is 25.2 Å². The van der Waals surface area contributed by atoms with Gasteiger partial charge >= 0.3 is 17.9 Å². The third-order valence-electron chi connectivity index (χ3n) is 8.90. The van der Waals surface area contributed by atoms with Crippen LogP contribution in [0, 0.1) is 5.92 Å². The molecule has 0 heterocycles. The van der Waals surface area contributed by atoms with Crippen LogP contribution in [-0.4, -0.2) is 37.2 Å². The lowest BCUT2D eigenvalue weighted by molar-refractivity contribution is -0.167. The van der Waals surface area contributed by atoms with Crippen LogP contribution in [0.2, 0.25) is 0 Å². The van der Waals surface area contributed by atoms with Crippen LogP contribution in [0.5, 0.6) is 0 Å². The molecule has 0 rings (SSSR count). The number of carbonyl (C=O) groups excluding carboxylic acids is 3. The molecule has 0 aliphatic heterocycles. The molecule has 6 heteroatoms. The van der Waals surface area contributed by atoms with Crippen LogP contribution >= 0.6 is 0 Å². The lowest BCUT2D eigenvalue weighted by atomic mass is 10.00. The van der Waals surface area contributed by atoms with E-state index in [-0.39, 0.29) is 31.1 Å². The molecule has 0 aromatic rings. The third-order valence-corrected chi connectivity index (χ3v) is 8.90. The second kappa shape index (κ2) is 33.8. The smallest absolute Gasteiger partial charge is 0.306 e. The average Bonchev–Trinajstić information content (AvgIpc) is 3.03. The Kier molecular flexibility index (Phi) is 32.6. The predicted molar refractivity (Wildman–Crippen MR) is 187 cm³/mol. The summed E-state index contributed by atoms with van der Waals surface area (Å²) in [5, 5.41) is 0. The van der Waals surface area contributed by atoms with Gasteiger partial charge in [-0.1, -0.05) is 169 Å². The summed E-state index contributed by atoms with van der Waals surface area (Å²) in [6, 6.07) is 0. The van der Waals surface area contributed by atoms with E-state index in [1.807, 2.05) is 0 Å². The van der Waals surface area contributed by atoms with E-state index in [2.05, 4.69) is 27.7 Å². The van der Waals surface area contributed by atoms with Gasteiger partial charge in [0.2, 0.25) is 0 Å². The fraction of sp³-hybridized carbons (Fsp3) is 0.923. The molecule has 0 aliphatic carbocycles. The van der Waals surface area contributed by atoms with Crippen molar-refractivity contribution in [3.05, 3.63) is 0 Å². The molecule has 1 unspecified atom stereocenters. The molecular formula is C39H74O6. The van der Waals surface area contributed by atoms with Crippen LogP contribution in [-0.2, 0) is 28.6 Å². The van der Waals surface area contributed by atoms with Gasteiger partial charge in [0.1, 0.15) is 13.2 Å². The number of esters is 3. The monoisotopic (exact) mass is 639 g/mol. The maximum atomic E-state index is 12.6. The van der Waals surface area contributed by atoms with E-state index in [0.29, 0.717) is 19.3 Å². The van der Waals surface area contributed by atoms with E-state index < -0.39 is 6.10 Å². The number of unbranched alkanes of at least 4 members (excludes halogenated alkanes) is 20. The number of hydrogen-bond acceptors (Lipinski definition) is 6. The minimum Gasteiger partial charge on any atom is -0.462 e. The van der Waals surface area contributed by atoms with Gasteiger partial charge in [-0.2, -0.15) is 0 Å². The quantitative estimate of drug-likeness (QED) is 0.0396. The van der Waals surface area contributed by atoms with Gasteiger partial charge in [0.25, 0.3) is 0 Å². The summed E-state index contributed by atoms with van der Waals surface area (Å²) in [6.07, 6.45) is 29.7. The van der Waals surface area contributed by atoms with Gasteiger partial charge in [0.05, 0.1) is 0 Å². The van der Waals surface area contributed by atoms with Crippen molar-refractivity contribution in [1.82, 2.24) is 0 Å². The Labute approximate surface area is 278 Å². The molecule has 0 aliphatic rings. The summed E-state index contributed by atoms with van der Waals surface area (Å²) in [5.74, 6) is -0.0711. The van der Waals surface area contributed by atoms with E-state index in [4.69, 9.17) is 14.2 Å². The fourth-order valence-electron chi connectivity index (χ4n) is 5.53. The van der Waals surface area contributed by atoms with Gasteiger partial charge in [-0.15, -0.1) is 0 Å². The SMILES string of the molecule is CCCCCCCCCCCCCCC(=O)OC[C@H](COC(=O)CCCCCCC)OC(=O)CCCCCCCCC(C)CC. The predicted octanol–water partition coefficient (Wildman–Crippen LogP) is 11.6. The van der Waals surface area contributed by atoms with Crippen LogP contribution < -0.4 is 0 Å². The highest BCUT2D eigenvalue weighted by Crippen LogP contribution is 2.16. The van der Waals surface area contributed by atoms with Crippen LogP contribution in [0.1, 0.15) is 207 Å². The van der Waals surface area contributed by atoms with Crippen molar-refractivity contribution in [3.8, 4) is 0 Å². The van der Waals surface area contributed by atoms with Gasteiger partial charge in [0, 0.05) is 19.3 Å². The summed E-state index contributed by atoms with van der Waals surface area (Å²) in [6.45, 7) is 8.85. The molecule has 0 saturated heterocycles. The third kappa shape index (κ3) is 32.2. The minimum absolute atomic E-state index is 0.0667. The molecule has 45 heavy (non-hydrogen) atoms. The number of hydrogen-bond donors (Lipinski definition) is 0. The normalized spacial score (nSPS) is 12.5. The van der Waals surface area contributed by atoms with Crippen LogP contribution in [0.15, 0.2) is 0 Å². The van der Waals surface area contributed by atoms with Crippen molar-refractivity contribution in [3.63, 3.8) is 0 Å². The molecule has 0 aromatic heterocycles. The largest absolute Gasteiger partial charge is 0.462 e. The highest BCUT2D eigenvalue weighted by atomic mass is 16.6. The summed E-state index contributed by atoms with van der Waals surface area (Å²) in [4.78, 5) is 37.2. The highest BCUT2D eigenvalue weighted by Gasteiger charge is 2.19. The molecule has 0 radical (unpaired) electrons. The van der Waals surface area contributed by atoms with Crippen molar-refractivity contribution in [1.29, 1.82) is 0 Å². The molecule has 2 atom stereocenters. The molecule has 0 spiro atoms. The zero-order valence-corrected chi connectivity index (χ0v) is 30.3. The van der Waals surface area contributed by atoms with Gasteiger partial charge in [0.15, 0.2) is 6.10 Å². The standard InChI is InChI=1S/C39H74O6/c1-5-8-10-12-13-14-15-16-17-18-23-27-31-38(41)44-34-36(33-43-37(40)30-26-21-11-9-6-2)45-39(42)32-28-24-20-19-22-25-29-35(4)7-3/h35-36H,5-34H2,1-4H3/t35?,36-/m0/s1. The van der Waals surface area contributed by atoms with Crippen molar-refractivity contribution in [2.75, 3.05) is 13.2 Å². The molecule has 0 saturated carbocycles. The first-order chi connectivity index (χ1) is 21.9. The molecule has 266 valence electrons. The van der Waals surface area contributed by atoms with E-state index in [0.717, 1.165) is 70.1 Å². The maximum Gasteiger partial charge on any atom is 0.306 e. The van der Waals surface area contributed by atoms with Crippen LogP contribution in [0.4, 0.5) is 0 Å². The fourth-order valence-corrected chi connectivity index (χ4v) is 5.53. The molecule has 0 fully saturated rings. The summed E-state index contributed by atoms with van der Waals surface area (Å²) < 4.78 is 16.5. The molecule has 6 nitrogen and oxygen atoms in total. The van der Waals surface area contributed by atoms with Crippen LogP contribution in [0.25, 0.3) is 0 Å². The maximum absolute atomic E-state index is 12.6. The Morgan fingerprint density at radius 1 is 0.444 bits per heavy atom. The second-order valence-corrected chi connectivity index (χ2v) is 13.5. The summed E-state index contributed by atoms with van der Waals surface area (Å²) in [5.41, 5.74) is 0. The Morgan fingerprint density at radius 3 is 1.16 bits per heavy atom. The van der Waals surface area contributed by atoms with Crippen molar-refractivity contribution >= 4 is 17.9 Å². The first kappa shape index (κ1) is 43.4. The minimum atomic E-state index is -0.756. The first-order valence-corrected chi connectivity index (χ1v) is 19.4. The Hall–Kier alpha value is -1.59. The van der Waals surface area contributed by atoms with Crippen molar-refractivity contribution < 1.29 is 28.6 Å². The summed E-state index contributed by atoms with van der Waals surface area (Å²) in [7, 11) is 0. The molecule has 0 bridgehead atoms. The topological polar surface area (TPSA) is 78.9 Å². The van der Waals surface area contributed by atoms with Gasteiger partial charge < -0.3 is 14.2 Å². The van der Waals surface area contributed by atoms with E-state index in [9.17, 15) is 14.4 Å². The van der Waals surface area contributed by atoms with E-state index in [1.165, 1.54) is 96.3 Å². The average molecular weight is 639 g/mol. The molecule has 0 amide bonds. The number of carbonyl (C=O) groups is 3. The van der Waals surface area contributed by atoms with E-state index >= 15 is 0 Å². The lowest BCUT2D eigenvalue weighted by Crippen LogP contribution is -2.30. The van der Waals surface area contributed by atoms with Crippen molar-refractivity contribution in [2.24, 2.45) is 5.92 Å². The Bertz CT molecular complexity index is 678. The van der Waals surface area contributed by atoms with Gasteiger partial charge in [-0.3, -0.25) is 14.4 Å². The van der Waals surface area contributed by atoms with E-state index in [1.54, 1.807) is 0 Å².